The lowest BCUT2D eigenvalue weighted by Crippen LogP contribution is -2.26. The third-order valence-corrected chi connectivity index (χ3v) is 3.80. The Morgan fingerprint density at radius 3 is 2.43 bits per heavy atom. The summed E-state index contributed by atoms with van der Waals surface area (Å²) in [5.41, 5.74) is 3.02. The highest BCUT2D eigenvalue weighted by molar-refractivity contribution is 5.96. The second kappa shape index (κ2) is 6.44. The topological polar surface area (TPSA) is 58.7 Å². The molecule has 0 aromatic heterocycles. The van der Waals surface area contributed by atoms with E-state index in [1.807, 2.05) is 29.3 Å². The van der Waals surface area contributed by atoms with Crippen molar-refractivity contribution in [2.75, 3.05) is 5.01 Å². The molecule has 1 heterocycles. The summed E-state index contributed by atoms with van der Waals surface area (Å²) in [5, 5.41) is 17.4. The molecule has 116 valence electrons. The van der Waals surface area contributed by atoms with E-state index in [0.717, 1.165) is 23.4 Å². The van der Waals surface area contributed by atoms with Crippen LogP contribution in [-0.4, -0.2) is 10.6 Å². The van der Waals surface area contributed by atoms with Crippen LogP contribution in [0.1, 0.15) is 24.9 Å². The van der Waals surface area contributed by atoms with E-state index in [9.17, 15) is 10.1 Å². The molecule has 2 aromatic carbocycles. The molecule has 0 radical (unpaired) electrons. The Hall–Kier alpha value is -2.95. The fourth-order valence-electron chi connectivity index (χ4n) is 2.55. The van der Waals surface area contributed by atoms with Crippen molar-refractivity contribution < 1.29 is 4.92 Å². The summed E-state index contributed by atoms with van der Waals surface area (Å²) in [7, 11) is 0. The lowest BCUT2D eigenvalue weighted by Gasteiger charge is -2.30. The van der Waals surface area contributed by atoms with E-state index >= 15 is 0 Å². The van der Waals surface area contributed by atoms with Gasteiger partial charge in [0.15, 0.2) is 0 Å². The van der Waals surface area contributed by atoms with E-state index in [1.165, 1.54) is 12.1 Å². The molecule has 0 saturated heterocycles. The van der Waals surface area contributed by atoms with Crippen molar-refractivity contribution in [3.8, 4) is 0 Å². The van der Waals surface area contributed by atoms with Gasteiger partial charge < -0.3 is 0 Å². The number of nitro benzene ring substituents is 1. The van der Waals surface area contributed by atoms with Crippen LogP contribution < -0.4 is 5.01 Å². The molecular formula is C18H17N3O2. The predicted molar refractivity (Wildman–Crippen MR) is 91.6 cm³/mol. The molecule has 1 aliphatic heterocycles. The molecule has 3 rings (SSSR count). The summed E-state index contributed by atoms with van der Waals surface area (Å²) in [5.74, 6) is 0. The lowest BCUT2D eigenvalue weighted by molar-refractivity contribution is -0.384. The van der Waals surface area contributed by atoms with Gasteiger partial charge in [0.05, 0.1) is 22.4 Å². The fourth-order valence-corrected chi connectivity index (χ4v) is 2.55. The van der Waals surface area contributed by atoms with Gasteiger partial charge in [0, 0.05) is 12.1 Å². The maximum Gasteiger partial charge on any atom is 0.269 e. The zero-order chi connectivity index (χ0) is 16.2. The van der Waals surface area contributed by atoms with Gasteiger partial charge in [0.2, 0.25) is 0 Å². The van der Waals surface area contributed by atoms with Crippen LogP contribution in [0.4, 0.5) is 11.4 Å². The number of allylic oxidation sites excluding steroid dienone is 1. The quantitative estimate of drug-likeness (QED) is 0.618. The molecule has 1 aliphatic rings. The SMILES string of the molecule is CCC1=NN(c2ccc([N+](=O)[O-])cc2)C(c2ccccc2)C=C1. The predicted octanol–water partition coefficient (Wildman–Crippen LogP) is 4.48. The Bertz CT molecular complexity index is 752. The van der Waals surface area contributed by atoms with Crippen molar-refractivity contribution in [3.63, 3.8) is 0 Å². The van der Waals surface area contributed by atoms with Gasteiger partial charge in [0.25, 0.3) is 5.69 Å². The molecular weight excluding hydrogens is 290 g/mol. The molecule has 5 heteroatoms. The van der Waals surface area contributed by atoms with Gasteiger partial charge in [-0.1, -0.05) is 43.3 Å². The third kappa shape index (κ3) is 3.13. The summed E-state index contributed by atoms with van der Waals surface area (Å²) in [4.78, 5) is 10.4. The third-order valence-electron chi connectivity index (χ3n) is 3.80. The Labute approximate surface area is 134 Å². The maximum atomic E-state index is 10.8. The first-order valence-corrected chi connectivity index (χ1v) is 7.53. The molecule has 0 spiro atoms. The van der Waals surface area contributed by atoms with Crippen molar-refractivity contribution in [1.29, 1.82) is 0 Å². The number of benzene rings is 2. The number of non-ortho nitro benzene ring substituents is 1. The number of nitrogens with zero attached hydrogens (tertiary/aromatic N) is 3. The normalized spacial score (nSPS) is 17.0. The minimum Gasteiger partial charge on any atom is -0.258 e. The first-order chi connectivity index (χ1) is 11.2. The first kappa shape index (κ1) is 15.0. The number of anilines is 1. The zero-order valence-electron chi connectivity index (χ0n) is 12.8. The van der Waals surface area contributed by atoms with Gasteiger partial charge in [-0.2, -0.15) is 5.10 Å². The van der Waals surface area contributed by atoms with Gasteiger partial charge in [0.1, 0.15) is 0 Å². The molecule has 0 aliphatic carbocycles. The zero-order valence-corrected chi connectivity index (χ0v) is 12.8. The van der Waals surface area contributed by atoms with E-state index in [-0.39, 0.29) is 11.7 Å². The second-order valence-corrected chi connectivity index (χ2v) is 5.28. The summed E-state index contributed by atoms with van der Waals surface area (Å²) < 4.78 is 0. The Morgan fingerprint density at radius 2 is 1.83 bits per heavy atom. The van der Waals surface area contributed by atoms with Gasteiger partial charge in [-0.05, 0) is 30.2 Å². The van der Waals surface area contributed by atoms with E-state index < -0.39 is 4.92 Å². The summed E-state index contributed by atoms with van der Waals surface area (Å²) in [6.07, 6.45) is 4.99. The van der Waals surface area contributed by atoms with Gasteiger partial charge in [-0.3, -0.25) is 15.1 Å². The number of hydrazone groups is 1. The largest absolute Gasteiger partial charge is 0.269 e. The Morgan fingerprint density at radius 1 is 1.13 bits per heavy atom. The number of hydrogen-bond acceptors (Lipinski definition) is 4. The molecule has 0 N–H and O–H groups in total. The first-order valence-electron chi connectivity index (χ1n) is 7.53. The van der Waals surface area contributed by atoms with Crippen molar-refractivity contribution in [2.45, 2.75) is 19.4 Å². The van der Waals surface area contributed by atoms with Crippen molar-refractivity contribution >= 4 is 17.1 Å². The molecule has 23 heavy (non-hydrogen) atoms. The van der Waals surface area contributed by atoms with Crippen LogP contribution in [0.2, 0.25) is 0 Å². The number of rotatable bonds is 4. The molecule has 1 unspecified atom stereocenters. The van der Waals surface area contributed by atoms with E-state index in [0.29, 0.717) is 0 Å². The Balaban J connectivity index is 1.99. The van der Waals surface area contributed by atoms with Crippen LogP contribution >= 0.6 is 0 Å². The molecule has 5 nitrogen and oxygen atoms in total. The molecule has 1 atom stereocenters. The average Bonchev–Trinajstić information content (AvgIpc) is 2.62. The van der Waals surface area contributed by atoms with E-state index in [2.05, 4.69) is 25.1 Å². The molecule has 0 bridgehead atoms. The molecule has 0 fully saturated rings. The second-order valence-electron chi connectivity index (χ2n) is 5.28. The number of nitro groups is 1. The monoisotopic (exact) mass is 307 g/mol. The van der Waals surface area contributed by atoms with E-state index in [1.54, 1.807) is 12.1 Å². The Kier molecular flexibility index (Phi) is 4.19. The number of hydrogen-bond donors (Lipinski definition) is 0. The highest BCUT2D eigenvalue weighted by atomic mass is 16.6. The van der Waals surface area contributed by atoms with Crippen molar-refractivity contribution in [1.82, 2.24) is 0 Å². The summed E-state index contributed by atoms with van der Waals surface area (Å²) in [6, 6.07) is 16.6. The molecule has 0 amide bonds. The van der Waals surface area contributed by atoms with Crippen molar-refractivity contribution in [3.05, 3.63) is 82.4 Å². The van der Waals surface area contributed by atoms with Crippen LogP contribution in [0.5, 0.6) is 0 Å². The molecule has 2 aromatic rings. The van der Waals surface area contributed by atoms with Crippen molar-refractivity contribution in [2.24, 2.45) is 5.10 Å². The highest BCUT2D eigenvalue weighted by Gasteiger charge is 2.22. The minimum absolute atomic E-state index is 0.0204. The van der Waals surface area contributed by atoms with Gasteiger partial charge >= 0.3 is 0 Å². The van der Waals surface area contributed by atoms with Crippen LogP contribution in [0.25, 0.3) is 0 Å². The van der Waals surface area contributed by atoms with Gasteiger partial charge in [-0.25, -0.2) is 0 Å². The summed E-state index contributed by atoms with van der Waals surface area (Å²) >= 11 is 0. The highest BCUT2D eigenvalue weighted by Crippen LogP contribution is 2.32. The standard InChI is InChI=1S/C18H17N3O2/c1-2-15-8-13-18(14-6-4-3-5-7-14)20(19-15)16-9-11-17(12-10-16)21(22)23/h3-13,18H,2H2,1H3. The average molecular weight is 307 g/mol. The maximum absolute atomic E-state index is 10.8. The summed E-state index contributed by atoms with van der Waals surface area (Å²) in [6.45, 7) is 2.06. The van der Waals surface area contributed by atoms with Crippen LogP contribution in [-0.2, 0) is 0 Å². The fraction of sp³-hybridized carbons (Fsp3) is 0.167. The van der Waals surface area contributed by atoms with Crippen LogP contribution in [0.15, 0.2) is 71.9 Å². The lowest BCUT2D eigenvalue weighted by atomic mass is 10.0. The minimum atomic E-state index is -0.394. The van der Waals surface area contributed by atoms with E-state index in [4.69, 9.17) is 5.10 Å². The van der Waals surface area contributed by atoms with Crippen LogP contribution in [0, 0.1) is 10.1 Å². The van der Waals surface area contributed by atoms with Gasteiger partial charge in [-0.15, -0.1) is 0 Å². The molecule has 0 saturated carbocycles. The van der Waals surface area contributed by atoms with Crippen LogP contribution in [0.3, 0.4) is 0 Å². The smallest absolute Gasteiger partial charge is 0.258 e.